The first-order valence-corrected chi connectivity index (χ1v) is 6.81. The number of nitrogens with two attached hydrogens (primary N) is 1. The summed E-state index contributed by atoms with van der Waals surface area (Å²) in [6.45, 7) is 4.08. The zero-order valence-corrected chi connectivity index (χ0v) is 12.7. The van der Waals surface area contributed by atoms with E-state index in [1.165, 1.54) is 0 Å². The lowest BCUT2D eigenvalue weighted by molar-refractivity contribution is 0.411. The van der Waals surface area contributed by atoms with Crippen molar-refractivity contribution in [2.45, 2.75) is 19.9 Å². The zero-order chi connectivity index (χ0) is 14.7. The largest absolute Gasteiger partial charge is 0.496 e. The van der Waals surface area contributed by atoms with Crippen molar-refractivity contribution in [1.29, 1.82) is 0 Å². The minimum Gasteiger partial charge on any atom is -0.496 e. The van der Waals surface area contributed by atoms with Gasteiger partial charge in [0.2, 0.25) is 0 Å². The summed E-state index contributed by atoms with van der Waals surface area (Å²) in [4.78, 5) is 0. The predicted molar refractivity (Wildman–Crippen MR) is 83.1 cm³/mol. The van der Waals surface area contributed by atoms with E-state index < -0.39 is 0 Å². The first-order valence-electron chi connectivity index (χ1n) is 6.43. The Balaban J connectivity index is 2.46. The second kappa shape index (κ2) is 6.27. The van der Waals surface area contributed by atoms with Crippen LogP contribution in [0.5, 0.6) is 5.75 Å². The third-order valence-corrected chi connectivity index (χ3v) is 3.72. The Labute approximate surface area is 124 Å². The molecule has 1 unspecified atom stereocenters. The van der Waals surface area contributed by atoms with E-state index in [0.717, 1.165) is 28.0 Å². The number of rotatable bonds is 4. The number of hydrogen-bond acceptors (Lipinski definition) is 3. The average molecular weight is 291 g/mol. The second-order valence-electron chi connectivity index (χ2n) is 4.83. The van der Waals surface area contributed by atoms with E-state index in [1.54, 1.807) is 7.11 Å². The smallest absolute Gasteiger partial charge is 0.122 e. The lowest BCUT2D eigenvalue weighted by atomic mass is 9.93. The maximum atomic E-state index is 5.93. The Morgan fingerprint density at radius 3 is 2.30 bits per heavy atom. The Morgan fingerprint density at radius 2 is 1.75 bits per heavy atom. The maximum absolute atomic E-state index is 5.93. The highest BCUT2D eigenvalue weighted by atomic mass is 35.5. The predicted octanol–water partition coefficient (Wildman–Crippen LogP) is 3.52. The zero-order valence-electron chi connectivity index (χ0n) is 11.9. The summed E-state index contributed by atoms with van der Waals surface area (Å²) in [6.07, 6.45) is 0. The topological polar surface area (TPSA) is 47.3 Å². The highest BCUT2D eigenvalue weighted by Gasteiger charge is 2.16. The van der Waals surface area contributed by atoms with Gasteiger partial charge < -0.3 is 4.74 Å². The fraction of sp³-hybridized carbons (Fsp3) is 0.250. The average Bonchev–Trinajstić information content (AvgIpc) is 2.45. The molecule has 0 aliphatic heterocycles. The summed E-state index contributed by atoms with van der Waals surface area (Å²) in [5.74, 6) is 6.64. The maximum Gasteiger partial charge on any atom is 0.122 e. The van der Waals surface area contributed by atoms with Crippen molar-refractivity contribution in [2.75, 3.05) is 7.11 Å². The lowest BCUT2D eigenvalue weighted by Gasteiger charge is -2.21. The summed E-state index contributed by atoms with van der Waals surface area (Å²) in [5.41, 5.74) is 7.30. The van der Waals surface area contributed by atoms with Crippen molar-refractivity contribution >= 4 is 11.6 Å². The molecule has 0 radical (unpaired) electrons. The van der Waals surface area contributed by atoms with Gasteiger partial charge in [0.05, 0.1) is 13.2 Å². The molecule has 2 aromatic carbocycles. The van der Waals surface area contributed by atoms with Crippen molar-refractivity contribution in [1.82, 2.24) is 5.43 Å². The van der Waals surface area contributed by atoms with E-state index in [9.17, 15) is 0 Å². The molecular formula is C16H19ClN2O. The van der Waals surface area contributed by atoms with Gasteiger partial charge in [-0.15, -0.1) is 0 Å². The van der Waals surface area contributed by atoms with Gasteiger partial charge in [0.1, 0.15) is 5.75 Å². The summed E-state index contributed by atoms with van der Waals surface area (Å²) in [5, 5.41) is 0.715. The quantitative estimate of drug-likeness (QED) is 0.669. The third-order valence-electron chi connectivity index (χ3n) is 3.46. The molecule has 0 aliphatic carbocycles. The van der Waals surface area contributed by atoms with Gasteiger partial charge >= 0.3 is 0 Å². The van der Waals surface area contributed by atoms with Crippen LogP contribution in [0.15, 0.2) is 36.4 Å². The standard InChI is InChI=1S/C16H19ClN2O/c1-10-9-15(20-3)11(2)8-14(10)16(19-18)12-4-6-13(17)7-5-12/h4-9,16,19H,18H2,1-3H3. The van der Waals surface area contributed by atoms with Crippen LogP contribution in [-0.2, 0) is 0 Å². The van der Waals surface area contributed by atoms with Crippen LogP contribution in [0.1, 0.15) is 28.3 Å². The second-order valence-corrected chi connectivity index (χ2v) is 5.27. The Bertz CT molecular complexity index is 596. The van der Waals surface area contributed by atoms with Crippen LogP contribution in [0.25, 0.3) is 0 Å². The van der Waals surface area contributed by atoms with Crippen LogP contribution in [0.2, 0.25) is 5.02 Å². The van der Waals surface area contributed by atoms with Crippen LogP contribution in [-0.4, -0.2) is 7.11 Å². The van der Waals surface area contributed by atoms with E-state index in [4.69, 9.17) is 22.2 Å². The molecule has 0 amide bonds. The monoisotopic (exact) mass is 290 g/mol. The van der Waals surface area contributed by atoms with Crippen LogP contribution in [0.4, 0.5) is 0 Å². The lowest BCUT2D eigenvalue weighted by Crippen LogP contribution is -2.29. The fourth-order valence-corrected chi connectivity index (χ4v) is 2.49. The summed E-state index contributed by atoms with van der Waals surface area (Å²) < 4.78 is 5.35. The molecule has 0 spiro atoms. The molecule has 20 heavy (non-hydrogen) atoms. The Hall–Kier alpha value is -1.55. The van der Waals surface area contributed by atoms with E-state index in [2.05, 4.69) is 18.4 Å². The van der Waals surface area contributed by atoms with Crippen LogP contribution in [0.3, 0.4) is 0 Å². The SMILES string of the molecule is COc1cc(C)c(C(NN)c2ccc(Cl)cc2)cc1C. The number of hydrazine groups is 1. The van der Waals surface area contributed by atoms with E-state index >= 15 is 0 Å². The van der Waals surface area contributed by atoms with Crippen molar-refractivity contribution in [2.24, 2.45) is 5.84 Å². The van der Waals surface area contributed by atoms with Gasteiger partial charge in [-0.3, -0.25) is 5.84 Å². The number of methoxy groups -OCH3 is 1. The van der Waals surface area contributed by atoms with E-state index in [0.29, 0.717) is 5.02 Å². The Kier molecular flexibility index (Phi) is 4.65. The Morgan fingerprint density at radius 1 is 1.10 bits per heavy atom. The molecule has 2 aromatic rings. The van der Waals surface area contributed by atoms with Crippen molar-refractivity contribution in [3.05, 3.63) is 63.7 Å². The number of nitrogens with one attached hydrogen (secondary N) is 1. The first kappa shape index (κ1) is 14.9. The van der Waals surface area contributed by atoms with Gasteiger partial charge in [-0.1, -0.05) is 29.8 Å². The third kappa shape index (κ3) is 2.96. The molecule has 0 fully saturated rings. The molecule has 0 saturated heterocycles. The minimum atomic E-state index is -0.0723. The first-order chi connectivity index (χ1) is 9.56. The van der Waals surface area contributed by atoms with Gasteiger partial charge in [-0.25, -0.2) is 5.43 Å². The molecule has 0 saturated carbocycles. The molecule has 3 nitrogen and oxygen atoms in total. The van der Waals surface area contributed by atoms with Crippen LogP contribution in [0, 0.1) is 13.8 Å². The highest BCUT2D eigenvalue weighted by Crippen LogP contribution is 2.30. The molecule has 0 aromatic heterocycles. The number of ether oxygens (including phenoxy) is 1. The highest BCUT2D eigenvalue weighted by molar-refractivity contribution is 6.30. The van der Waals surface area contributed by atoms with Crippen LogP contribution < -0.4 is 16.0 Å². The number of benzene rings is 2. The van der Waals surface area contributed by atoms with E-state index in [-0.39, 0.29) is 6.04 Å². The molecule has 0 heterocycles. The molecule has 2 rings (SSSR count). The summed E-state index contributed by atoms with van der Waals surface area (Å²) >= 11 is 5.93. The molecule has 106 valence electrons. The van der Waals surface area contributed by atoms with Gasteiger partial charge in [0.15, 0.2) is 0 Å². The normalized spacial score (nSPS) is 12.2. The van der Waals surface area contributed by atoms with Gasteiger partial charge in [-0.05, 0) is 54.3 Å². The van der Waals surface area contributed by atoms with Gasteiger partial charge in [-0.2, -0.15) is 0 Å². The van der Waals surface area contributed by atoms with Crippen molar-refractivity contribution in [3.8, 4) is 5.75 Å². The fourth-order valence-electron chi connectivity index (χ4n) is 2.36. The van der Waals surface area contributed by atoms with Crippen molar-refractivity contribution < 1.29 is 4.74 Å². The van der Waals surface area contributed by atoms with Crippen LogP contribution >= 0.6 is 11.6 Å². The molecular weight excluding hydrogens is 272 g/mol. The summed E-state index contributed by atoms with van der Waals surface area (Å²) in [6, 6.07) is 11.8. The number of aryl methyl sites for hydroxylation is 2. The number of hydrogen-bond donors (Lipinski definition) is 2. The molecule has 0 bridgehead atoms. The molecule has 0 aliphatic rings. The number of halogens is 1. The van der Waals surface area contributed by atoms with E-state index in [1.807, 2.05) is 37.3 Å². The van der Waals surface area contributed by atoms with Crippen molar-refractivity contribution in [3.63, 3.8) is 0 Å². The minimum absolute atomic E-state index is 0.0723. The molecule has 3 N–H and O–H groups in total. The van der Waals surface area contributed by atoms with Gasteiger partial charge in [0.25, 0.3) is 0 Å². The molecule has 1 atom stereocenters. The summed E-state index contributed by atoms with van der Waals surface area (Å²) in [7, 11) is 1.68. The van der Waals surface area contributed by atoms with Gasteiger partial charge in [0, 0.05) is 5.02 Å². The molecule has 4 heteroatoms.